The molecule has 5 heteroatoms. The van der Waals surface area contributed by atoms with E-state index >= 15 is 0 Å². The van der Waals surface area contributed by atoms with Gasteiger partial charge in [-0.2, -0.15) is 4.31 Å². The maximum Gasteiger partial charge on any atom is 0.243 e. The Labute approximate surface area is 122 Å². The van der Waals surface area contributed by atoms with Gasteiger partial charge < -0.3 is 5.73 Å². The Morgan fingerprint density at radius 3 is 2.45 bits per heavy atom. The van der Waals surface area contributed by atoms with Crippen LogP contribution in [-0.2, 0) is 10.0 Å². The van der Waals surface area contributed by atoms with Crippen molar-refractivity contribution in [1.82, 2.24) is 4.31 Å². The number of nitrogens with zero attached hydrogens (tertiary/aromatic N) is 1. The second-order valence-corrected chi connectivity index (χ2v) is 7.95. The third kappa shape index (κ3) is 3.40. The monoisotopic (exact) mass is 296 g/mol. The molecule has 0 bridgehead atoms. The molecule has 0 amide bonds. The van der Waals surface area contributed by atoms with Crippen molar-refractivity contribution in [3.05, 3.63) is 29.8 Å². The van der Waals surface area contributed by atoms with E-state index < -0.39 is 10.0 Å². The summed E-state index contributed by atoms with van der Waals surface area (Å²) < 4.78 is 27.3. The zero-order chi connectivity index (χ0) is 14.9. The van der Waals surface area contributed by atoms with Crippen molar-refractivity contribution in [2.75, 3.05) is 6.54 Å². The van der Waals surface area contributed by atoms with Crippen LogP contribution in [0.15, 0.2) is 29.2 Å². The molecule has 0 saturated heterocycles. The Balaban J connectivity index is 2.34. The van der Waals surface area contributed by atoms with Gasteiger partial charge in [0.2, 0.25) is 10.0 Å². The number of hydrogen-bond donors (Lipinski definition) is 1. The maximum absolute atomic E-state index is 12.8. The molecule has 1 unspecified atom stereocenters. The molecule has 1 aromatic carbocycles. The molecule has 0 spiro atoms. The number of benzene rings is 1. The zero-order valence-corrected chi connectivity index (χ0v) is 13.2. The Hall–Kier alpha value is -0.910. The van der Waals surface area contributed by atoms with Gasteiger partial charge in [-0.1, -0.05) is 26.0 Å². The van der Waals surface area contributed by atoms with Crippen LogP contribution in [0.2, 0.25) is 0 Å². The van der Waals surface area contributed by atoms with Crippen molar-refractivity contribution in [2.24, 2.45) is 11.7 Å². The van der Waals surface area contributed by atoms with Crippen molar-refractivity contribution < 1.29 is 8.42 Å². The average Bonchev–Trinajstić information content (AvgIpc) is 3.20. The number of sulfonamides is 1. The Kier molecular flexibility index (Phi) is 4.52. The lowest BCUT2D eigenvalue weighted by molar-refractivity contribution is 0.360. The molecule has 0 aliphatic heterocycles. The lowest BCUT2D eigenvalue weighted by Crippen LogP contribution is -2.36. The molecule has 1 aliphatic carbocycles. The molecule has 0 radical (unpaired) electrons. The molecular formula is C15H24N2O2S. The predicted octanol–water partition coefficient (Wildman–Crippen LogP) is 2.52. The minimum Gasteiger partial charge on any atom is -0.324 e. The quantitative estimate of drug-likeness (QED) is 0.877. The van der Waals surface area contributed by atoms with Crippen molar-refractivity contribution in [1.29, 1.82) is 0 Å². The van der Waals surface area contributed by atoms with E-state index in [1.165, 1.54) is 0 Å². The third-order valence-electron chi connectivity index (χ3n) is 3.49. The van der Waals surface area contributed by atoms with Crippen LogP contribution in [0.3, 0.4) is 0 Å². The fourth-order valence-electron chi connectivity index (χ4n) is 2.26. The van der Waals surface area contributed by atoms with Crippen LogP contribution in [0.25, 0.3) is 0 Å². The molecule has 20 heavy (non-hydrogen) atoms. The number of nitrogens with two attached hydrogens (primary N) is 1. The standard InChI is InChI=1S/C15H24N2O2S/c1-11(2)10-17(14-7-8-14)20(18,19)15-6-4-5-13(9-15)12(3)16/h4-6,9,11-12,14H,7-8,10,16H2,1-3H3. The minimum atomic E-state index is -3.41. The van der Waals surface area contributed by atoms with Crippen LogP contribution in [0, 0.1) is 5.92 Å². The molecule has 2 rings (SSSR count). The van der Waals surface area contributed by atoms with Gasteiger partial charge in [-0.3, -0.25) is 0 Å². The van der Waals surface area contributed by atoms with E-state index in [2.05, 4.69) is 0 Å². The first-order valence-corrected chi connectivity index (χ1v) is 8.63. The summed E-state index contributed by atoms with van der Waals surface area (Å²) in [5.74, 6) is 0.321. The zero-order valence-electron chi connectivity index (χ0n) is 12.4. The van der Waals surface area contributed by atoms with Crippen LogP contribution >= 0.6 is 0 Å². The summed E-state index contributed by atoms with van der Waals surface area (Å²) in [6, 6.07) is 7.03. The van der Waals surface area contributed by atoms with E-state index in [0.717, 1.165) is 18.4 Å². The van der Waals surface area contributed by atoms with E-state index in [1.807, 2.05) is 26.8 Å². The Bertz CT molecular complexity index is 563. The van der Waals surface area contributed by atoms with Gasteiger partial charge in [-0.05, 0) is 43.4 Å². The molecule has 1 aliphatic rings. The van der Waals surface area contributed by atoms with E-state index in [1.54, 1.807) is 22.5 Å². The van der Waals surface area contributed by atoms with Crippen molar-refractivity contribution in [2.45, 2.75) is 50.6 Å². The van der Waals surface area contributed by atoms with Crippen molar-refractivity contribution >= 4 is 10.0 Å². The SMILES string of the molecule is CC(C)CN(C1CC1)S(=O)(=O)c1cccc(C(C)N)c1. The molecule has 1 atom stereocenters. The van der Waals surface area contributed by atoms with Gasteiger partial charge in [0.05, 0.1) is 4.90 Å². The predicted molar refractivity (Wildman–Crippen MR) is 80.8 cm³/mol. The first-order valence-electron chi connectivity index (χ1n) is 7.19. The molecule has 1 aromatic rings. The van der Waals surface area contributed by atoms with Gasteiger partial charge >= 0.3 is 0 Å². The van der Waals surface area contributed by atoms with E-state index in [0.29, 0.717) is 17.4 Å². The molecule has 4 nitrogen and oxygen atoms in total. The van der Waals surface area contributed by atoms with Gasteiger partial charge in [-0.25, -0.2) is 8.42 Å². The summed E-state index contributed by atoms with van der Waals surface area (Å²) in [5, 5.41) is 0. The summed E-state index contributed by atoms with van der Waals surface area (Å²) in [6.45, 7) is 6.53. The van der Waals surface area contributed by atoms with Crippen LogP contribution in [0.5, 0.6) is 0 Å². The normalized spacial score (nSPS) is 17.7. The smallest absolute Gasteiger partial charge is 0.243 e. The summed E-state index contributed by atoms with van der Waals surface area (Å²) in [6.07, 6.45) is 1.94. The Morgan fingerprint density at radius 2 is 1.95 bits per heavy atom. The summed E-state index contributed by atoms with van der Waals surface area (Å²) in [7, 11) is -3.41. The van der Waals surface area contributed by atoms with Crippen LogP contribution in [0.1, 0.15) is 45.2 Å². The summed E-state index contributed by atoms with van der Waals surface area (Å²) in [4.78, 5) is 0.361. The molecule has 1 saturated carbocycles. The summed E-state index contributed by atoms with van der Waals surface area (Å²) >= 11 is 0. The van der Waals surface area contributed by atoms with Crippen LogP contribution in [0.4, 0.5) is 0 Å². The van der Waals surface area contributed by atoms with Gasteiger partial charge in [0, 0.05) is 18.6 Å². The van der Waals surface area contributed by atoms with Crippen molar-refractivity contribution in [3.8, 4) is 0 Å². The highest BCUT2D eigenvalue weighted by atomic mass is 32.2. The highest BCUT2D eigenvalue weighted by Gasteiger charge is 2.38. The van der Waals surface area contributed by atoms with Crippen LogP contribution in [-0.4, -0.2) is 25.3 Å². The van der Waals surface area contributed by atoms with E-state index in [9.17, 15) is 8.42 Å². The fraction of sp³-hybridized carbons (Fsp3) is 0.600. The fourth-order valence-corrected chi connectivity index (χ4v) is 4.16. The minimum absolute atomic E-state index is 0.162. The second-order valence-electron chi connectivity index (χ2n) is 6.06. The second kappa shape index (κ2) is 5.84. The average molecular weight is 296 g/mol. The largest absolute Gasteiger partial charge is 0.324 e. The maximum atomic E-state index is 12.8. The summed E-state index contributed by atoms with van der Waals surface area (Å²) in [5.41, 5.74) is 6.70. The van der Waals surface area contributed by atoms with E-state index in [4.69, 9.17) is 5.73 Å². The lowest BCUT2D eigenvalue weighted by Gasteiger charge is -2.24. The molecule has 112 valence electrons. The van der Waals surface area contributed by atoms with Gasteiger partial charge in [0.25, 0.3) is 0 Å². The van der Waals surface area contributed by atoms with Gasteiger partial charge in [0.15, 0.2) is 0 Å². The van der Waals surface area contributed by atoms with Crippen LogP contribution < -0.4 is 5.73 Å². The highest BCUT2D eigenvalue weighted by molar-refractivity contribution is 7.89. The van der Waals surface area contributed by atoms with E-state index in [-0.39, 0.29) is 12.1 Å². The first kappa shape index (κ1) is 15.5. The highest BCUT2D eigenvalue weighted by Crippen LogP contribution is 2.33. The van der Waals surface area contributed by atoms with Gasteiger partial charge in [0.1, 0.15) is 0 Å². The molecule has 2 N–H and O–H groups in total. The molecule has 0 aromatic heterocycles. The van der Waals surface area contributed by atoms with Gasteiger partial charge in [-0.15, -0.1) is 0 Å². The third-order valence-corrected chi connectivity index (χ3v) is 5.40. The molecule has 1 fully saturated rings. The number of hydrogen-bond acceptors (Lipinski definition) is 3. The topological polar surface area (TPSA) is 63.4 Å². The number of rotatable bonds is 6. The lowest BCUT2D eigenvalue weighted by atomic mass is 10.1. The Morgan fingerprint density at radius 1 is 1.30 bits per heavy atom. The van der Waals surface area contributed by atoms with Crippen molar-refractivity contribution in [3.63, 3.8) is 0 Å². The first-order chi connectivity index (χ1) is 9.32. The molecular weight excluding hydrogens is 272 g/mol. The molecule has 0 heterocycles.